The van der Waals surface area contributed by atoms with Gasteiger partial charge in [0.15, 0.2) is 0 Å². The van der Waals surface area contributed by atoms with Crippen molar-refractivity contribution < 1.29 is 4.48 Å². The Bertz CT molecular complexity index is 247. The molecular weight excluding hydrogens is 321 g/mol. The molecule has 0 saturated heterocycles. The summed E-state index contributed by atoms with van der Waals surface area (Å²) in [5.41, 5.74) is 0.693. The zero-order chi connectivity index (χ0) is 11.4. The van der Waals surface area contributed by atoms with E-state index in [9.17, 15) is 0 Å². The number of nitrogens with zero attached hydrogens (tertiary/aromatic N) is 1. The molecule has 0 aromatic carbocycles. The van der Waals surface area contributed by atoms with Crippen LogP contribution >= 0.6 is 24.0 Å². The average molecular weight is 350 g/mol. The summed E-state index contributed by atoms with van der Waals surface area (Å²) in [4.78, 5) is 0. The summed E-state index contributed by atoms with van der Waals surface area (Å²) in [5.74, 6) is 3.30. The molecule has 4 rings (SSSR count). The Morgan fingerprint density at radius 1 is 0.882 bits per heavy atom. The van der Waals surface area contributed by atoms with Crippen molar-refractivity contribution in [3.8, 4) is 0 Å². The molecule has 100 valence electrons. The number of hydrogen-bond donors (Lipinski definition) is 0. The monoisotopic (exact) mass is 350 g/mol. The van der Waals surface area contributed by atoms with Crippen LogP contribution in [0.1, 0.15) is 52.4 Å². The fourth-order valence-corrected chi connectivity index (χ4v) is 5.62. The van der Waals surface area contributed by atoms with Gasteiger partial charge < -0.3 is 4.48 Å². The van der Waals surface area contributed by atoms with Crippen molar-refractivity contribution >= 4 is 24.0 Å². The Morgan fingerprint density at radius 2 is 1.24 bits per heavy atom. The molecule has 17 heavy (non-hydrogen) atoms. The van der Waals surface area contributed by atoms with Crippen molar-refractivity contribution in [3.63, 3.8) is 0 Å². The maximum absolute atomic E-state index is 2.53. The van der Waals surface area contributed by atoms with E-state index in [-0.39, 0.29) is 24.0 Å². The normalized spacial score (nSPS) is 43.6. The highest BCUT2D eigenvalue weighted by Gasteiger charge is 2.58. The molecule has 0 unspecified atom stereocenters. The third-order valence-electron chi connectivity index (χ3n) is 6.55. The maximum Gasteiger partial charge on any atom is 0.0998 e. The van der Waals surface area contributed by atoms with Crippen LogP contribution in [0.3, 0.4) is 0 Å². The lowest BCUT2D eigenvalue weighted by atomic mass is 9.52. The minimum absolute atomic E-state index is 0. The third-order valence-corrected chi connectivity index (χ3v) is 6.55. The highest BCUT2D eigenvalue weighted by Crippen LogP contribution is 2.59. The van der Waals surface area contributed by atoms with E-state index in [1.807, 2.05) is 0 Å². The van der Waals surface area contributed by atoms with E-state index in [0.717, 1.165) is 17.8 Å². The first-order valence-corrected chi connectivity index (χ1v) is 7.45. The first kappa shape index (κ1) is 14.1. The lowest BCUT2D eigenvalue weighted by molar-refractivity contribution is -0.962. The molecule has 0 amide bonds. The Morgan fingerprint density at radius 3 is 1.53 bits per heavy atom. The average Bonchev–Trinajstić information content (AvgIpc) is 2.26. The molecule has 4 saturated carbocycles. The summed E-state index contributed by atoms with van der Waals surface area (Å²) in [7, 11) is 2.53. The molecule has 0 aromatic rings. The fourth-order valence-electron chi connectivity index (χ4n) is 5.62. The van der Waals surface area contributed by atoms with Gasteiger partial charge in [0.05, 0.1) is 25.7 Å². The van der Waals surface area contributed by atoms with Crippen LogP contribution in [0.5, 0.6) is 0 Å². The summed E-state index contributed by atoms with van der Waals surface area (Å²) in [6.07, 6.45) is 9.39. The SMILES string of the molecule is CC[N+](C)(CC)C12CC3CC(CC(C3)C1)C2.I. The van der Waals surface area contributed by atoms with Crippen molar-refractivity contribution in [2.45, 2.75) is 57.9 Å². The minimum atomic E-state index is 0. The van der Waals surface area contributed by atoms with E-state index >= 15 is 0 Å². The van der Waals surface area contributed by atoms with Crippen LogP contribution in [0.15, 0.2) is 0 Å². The molecule has 4 bridgehead atoms. The molecule has 4 fully saturated rings. The first-order valence-electron chi connectivity index (χ1n) is 7.45. The van der Waals surface area contributed by atoms with Crippen LogP contribution in [0, 0.1) is 17.8 Å². The number of quaternary nitrogens is 1. The summed E-state index contributed by atoms with van der Waals surface area (Å²) in [6.45, 7) is 7.48. The van der Waals surface area contributed by atoms with Crippen molar-refractivity contribution in [3.05, 3.63) is 0 Å². The van der Waals surface area contributed by atoms with E-state index in [0.29, 0.717) is 5.54 Å². The van der Waals surface area contributed by atoms with Gasteiger partial charge in [-0.25, -0.2) is 0 Å². The maximum atomic E-state index is 2.53. The second-order valence-electron chi connectivity index (χ2n) is 7.17. The summed E-state index contributed by atoms with van der Waals surface area (Å²) in [5, 5.41) is 0. The predicted octanol–water partition coefficient (Wildman–Crippen LogP) is 4.06. The Hall–Kier alpha value is 0.690. The van der Waals surface area contributed by atoms with E-state index in [2.05, 4.69) is 20.9 Å². The van der Waals surface area contributed by atoms with E-state index in [1.165, 1.54) is 17.6 Å². The van der Waals surface area contributed by atoms with E-state index in [1.54, 1.807) is 38.5 Å². The smallest absolute Gasteiger partial charge is 0.0998 e. The lowest BCUT2D eigenvalue weighted by Crippen LogP contribution is -2.68. The summed E-state index contributed by atoms with van der Waals surface area (Å²) in [6, 6.07) is 0. The quantitative estimate of drug-likeness (QED) is 0.532. The van der Waals surface area contributed by atoms with Gasteiger partial charge in [0.2, 0.25) is 0 Å². The summed E-state index contributed by atoms with van der Waals surface area (Å²) >= 11 is 0. The van der Waals surface area contributed by atoms with Crippen molar-refractivity contribution in [1.82, 2.24) is 0 Å². The van der Waals surface area contributed by atoms with Gasteiger partial charge in [-0.05, 0) is 50.9 Å². The van der Waals surface area contributed by atoms with Crippen LogP contribution in [-0.4, -0.2) is 30.2 Å². The lowest BCUT2D eigenvalue weighted by Gasteiger charge is -2.63. The van der Waals surface area contributed by atoms with Gasteiger partial charge >= 0.3 is 0 Å². The van der Waals surface area contributed by atoms with Crippen molar-refractivity contribution in [2.75, 3.05) is 20.1 Å². The van der Waals surface area contributed by atoms with Gasteiger partial charge in [-0.3, -0.25) is 0 Å². The zero-order valence-corrected chi connectivity index (χ0v) is 14.1. The second-order valence-corrected chi connectivity index (χ2v) is 7.17. The molecule has 0 heterocycles. The standard InChI is InChI=1S/C15H28N.HI/c1-4-16(3,5-2)15-9-12-6-13(10-15)8-14(7-12)11-15;/h12-14H,4-11H2,1-3H3;1H/q+1;. The molecule has 4 aliphatic rings. The molecule has 1 nitrogen and oxygen atoms in total. The van der Waals surface area contributed by atoms with Gasteiger partial charge in [-0.15, -0.1) is 24.0 Å². The van der Waals surface area contributed by atoms with Crippen molar-refractivity contribution in [2.24, 2.45) is 17.8 Å². The van der Waals surface area contributed by atoms with Crippen LogP contribution in [0.2, 0.25) is 0 Å². The van der Waals surface area contributed by atoms with Gasteiger partial charge in [0.25, 0.3) is 0 Å². The van der Waals surface area contributed by atoms with Crippen molar-refractivity contribution in [1.29, 1.82) is 0 Å². The molecular formula is C15H29IN+. The first-order chi connectivity index (χ1) is 7.61. The largest absolute Gasteiger partial charge is 0.322 e. The molecule has 0 radical (unpaired) electrons. The molecule has 2 heteroatoms. The van der Waals surface area contributed by atoms with Crippen LogP contribution in [0.4, 0.5) is 0 Å². The van der Waals surface area contributed by atoms with Gasteiger partial charge in [-0.1, -0.05) is 0 Å². The summed E-state index contributed by atoms with van der Waals surface area (Å²) < 4.78 is 1.36. The molecule has 0 atom stereocenters. The van der Waals surface area contributed by atoms with Gasteiger partial charge in [0.1, 0.15) is 0 Å². The number of rotatable bonds is 3. The highest BCUT2D eigenvalue weighted by molar-refractivity contribution is 14.0. The number of hydrogen-bond acceptors (Lipinski definition) is 0. The Kier molecular flexibility index (Phi) is 3.87. The molecule has 0 N–H and O–H groups in total. The molecule has 0 aliphatic heterocycles. The minimum Gasteiger partial charge on any atom is -0.322 e. The molecule has 0 spiro atoms. The van der Waals surface area contributed by atoms with Crippen LogP contribution in [-0.2, 0) is 0 Å². The van der Waals surface area contributed by atoms with Crippen LogP contribution < -0.4 is 0 Å². The Balaban J connectivity index is 0.00000108. The zero-order valence-electron chi connectivity index (χ0n) is 11.7. The second kappa shape index (κ2) is 4.66. The van der Waals surface area contributed by atoms with Gasteiger partial charge in [0, 0.05) is 19.3 Å². The van der Waals surface area contributed by atoms with E-state index in [4.69, 9.17) is 0 Å². The third kappa shape index (κ3) is 1.98. The fraction of sp³-hybridized carbons (Fsp3) is 1.00. The van der Waals surface area contributed by atoms with E-state index < -0.39 is 0 Å². The predicted molar refractivity (Wildman–Crippen MR) is 83.6 cm³/mol. The topological polar surface area (TPSA) is 0 Å². The molecule has 4 aliphatic carbocycles. The van der Waals surface area contributed by atoms with Crippen LogP contribution in [0.25, 0.3) is 0 Å². The Labute approximate surface area is 124 Å². The number of halogens is 1. The molecule has 0 aromatic heterocycles. The van der Waals surface area contributed by atoms with Gasteiger partial charge in [-0.2, -0.15) is 0 Å². The highest BCUT2D eigenvalue weighted by atomic mass is 127.